The van der Waals surface area contributed by atoms with E-state index in [1.165, 1.54) is 34.6 Å². The number of hydrogen-bond donors (Lipinski definition) is 2. The highest BCUT2D eigenvalue weighted by Gasteiger charge is 2.32. The molecule has 0 aromatic heterocycles. The van der Waals surface area contributed by atoms with Crippen LogP contribution in [0.2, 0.25) is 10.0 Å². The summed E-state index contributed by atoms with van der Waals surface area (Å²) in [7, 11) is -7.48. The van der Waals surface area contributed by atoms with Gasteiger partial charge >= 0.3 is 0 Å². The summed E-state index contributed by atoms with van der Waals surface area (Å²) in [5, 5.41) is 3.40. The van der Waals surface area contributed by atoms with Crippen LogP contribution >= 0.6 is 23.2 Å². The van der Waals surface area contributed by atoms with Crippen LogP contribution in [0.5, 0.6) is 0 Å². The Morgan fingerprint density at radius 3 is 2.37 bits per heavy atom. The molecule has 0 saturated carbocycles. The summed E-state index contributed by atoms with van der Waals surface area (Å²) in [4.78, 5) is 13.0. The minimum absolute atomic E-state index is 0.0502. The summed E-state index contributed by atoms with van der Waals surface area (Å²) in [6.07, 6.45) is 1.08. The minimum Gasteiger partial charge on any atom is -0.326 e. The smallest absolute Gasteiger partial charge is 0.261 e. The van der Waals surface area contributed by atoms with Crippen LogP contribution in [0.25, 0.3) is 0 Å². The molecule has 3 aromatic carbocycles. The van der Waals surface area contributed by atoms with Crippen LogP contribution in [-0.4, -0.2) is 40.1 Å². The van der Waals surface area contributed by atoms with Crippen molar-refractivity contribution in [3.8, 4) is 0 Å². The average molecular weight is 597 g/mol. The summed E-state index contributed by atoms with van der Waals surface area (Å²) in [6, 6.07) is 17.5. The van der Waals surface area contributed by atoms with E-state index < -0.39 is 26.0 Å². The Kier molecular flexibility index (Phi) is 8.68. The van der Waals surface area contributed by atoms with E-state index in [0.717, 1.165) is 5.56 Å². The number of anilines is 2. The third-order valence-corrected chi connectivity index (χ3v) is 10.1. The molecular weight excluding hydrogens is 569 g/mol. The SMILES string of the molecule is Cc1cccc(NS(=O)(=O)c2ccc(NC(=O)[C@@H]3CCCN(S(=O)(=O)Cc4ccc(Cl)c(Cl)c4)C3)cc2)c1. The Labute approximate surface area is 233 Å². The largest absolute Gasteiger partial charge is 0.326 e. The molecule has 1 fully saturated rings. The number of hydrogen-bond acceptors (Lipinski definition) is 5. The fourth-order valence-corrected chi connectivity index (χ4v) is 7.19. The molecule has 202 valence electrons. The number of rotatable bonds is 8. The van der Waals surface area contributed by atoms with Crippen molar-refractivity contribution in [1.82, 2.24) is 4.31 Å². The molecule has 1 saturated heterocycles. The number of piperidine rings is 1. The number of aryl methyl sites for hydroxylation is 1. The number of nitrogens with one attached hydrogen (secondary N) is 2. The zero-order chi connectivity index (χ0) is 27.5. The predicted molar refractivity (Wildman–Crippen MR) is 150 cm³/mol. The van der Waals surface area contributed by atoms with Crippen molar-refractivity contribution in [3.05, 3.63) is 87.9 Å². The molecule has 8 nitrogen and oxygen atoms in total. The quantitative estimate of drug-likeness (QED) is 0.367. The van der Waals surface area contributed by atoms with E-state index in [9.17, 15) is 21.6 Å². The van der Waals surface area contributed by atoms with Crippen LogP contribution in [0.1, 0.15) is 24.0 Å². The highest BCUT2D eigenvalue weighted by molar-refractivity contribution is 7.92. The van der Waals surface area contributed by atoms with Crippen LogP contribution in [0.15, 0.2) is 71.6 Å². The fourth-order valence-electron chi connectivity index (χ4n) is 4.22. The number of carbonyl (C=O) groups excluding carboxylic acids is 1. The molecule has 1 aliphatic rings. The lowest BCUT2D eigenvalue weighted by atomic mass is 9.99. The van der Waals surface area contributed by atoms with Crippen molar-refractivity contribution < 1.29 is 21.6 Å². The number of nitrogens with zero attached hydrogens (tertiary/aromatic N) is 1. The molecule has 1 atom stereocenters. The van der Waals surface area contributed by atoms with E-state index in [1.807, 2.05) is 13.0 Å². The molecule has 0 bridgehead atoms. The molecule has 1 aliphatic heterocycles. The van der Waals surface area contributed by atoms with Crippen molar-refractivity contribution in [2.75, 3.05) is 23.1 Å². The first kappa shape index (κ1) is 28.4. The molecule has 2 N–H and O–H groups in total. The third-order valence-electron chi connectivity index (χ3n) is 6.18. The number of amides is 1. The van der Waals surface area contributed by atoms with E-state index >= 15 is 0 Å². The molecule has 3 aromatic rings. The van der Waals surface area contributed by atoms with Gasteiger partial charge in [-0.15, -0.1) is 0 Å². The van der Waals surface area contributed by atoms with E-state index in [0.29, 0.717) is 41.3 Å². The third kappa shape index (κ3) is 7.06. The maximum atomic E-state index is 13.0. The highest BCUT2D eigenvalue weighted by atomic mass is 35.5. The van der Waals surface area contributed by atoms with Crippen molar-refractivity contribution in [1.29, 1.82) is 0 Å². The highest BCUT2D eigenvalue weighted by Crippen LogP contribution is 2.27. The predicted octanol–water partition coefficient (Wildman–Crippen LogP) is 5.28. The first-order chi connectivity index (χ1) is 17.9. The molecule has 0 aliphatic carbocycles. The van der Waals surface area contributed by atoms with Gasteiger partial charge in [-0.2, -0.15) is 0 Å². The van der Waals surface area contributed by atoms with Crippen molar-refractivity contribution in [2.45, 2.75) is 30.4 Å². The van der Waals surface area contributed by atoms with E-state index in [2.05, 4.69) is 10.0 Å². The van der Waals surface area contributed by atoms with Gasteiger partial charge in [-0.1, -0.05) is 41.4 Å². The number of benzene rings is 3. The Bertz CT molecular complexity index is 1550. The van der Waals surface area contributed by atoms with Crippen LogP contribution in [0.3, 0.4) is 0 Å². The molecule has 38 heavy (non-hydrogen) atoms. The fraction of sp³-hybridized carbons (Fsp3) is 0.269. The van der Waals surface area contributed by atoms with Crippen LogP contribution in [0.4, 0.5) is 11.4 Å². The summed E-state index contributed by atoms with van der Waals surface area (Å²) < 4.78 is 55.3. The summed E-state index contributed by atoms with van der Waals surface area (Å²) >= 11 is 11.9. The topological polar surface area (TPSA) is 113 Å². The maximum Gasteiger partial charge on any atom is 0.261 e. The molecule has 1 heterocycles. The normalized spacial score (nSPS) is 16.7. The van der Waals surface area contributed by atoms with Gasteiger partial charge in [-0.3, -0.25) is 9.52 Å². The molecule has 0 unspecified atom stereocenters. The molecule has 0 spiro atoms. The average Bonchev–Trinajstić information content (AvgIpc) is 2.86. The van der Waals surface area contributed by atoms with Gasteiger partial charge in [0.05, 0.1) is 26.6 Å². The second-order valence-corrected chi connectivity index (χ2v) is 13.7. The lowest BCUT2D eigenvalue weighted by Crippen LogP contribution is -2.44. The van der Waals surface area contributed by atoms with E-state index in [1.54, 1.807) is 30.3 Å². The molecule has 4 rings (SSSR count). The van der Waals surface area contributed by atoms with Gasteiger partial charge in [0.1, 0.15) is 0 Å². The van der Waals surface area contributed by atoms with Gasteiger partial charge < -0.3 is 5.32 Å². The van der Waals surface area contributed by atoms with Gasteiger partial charge in [0.2, 0.25) is 15.9 Å². The van der Waals surface area contributed by atoms with Crippen molar-refractivity contribution >= 4 is 60.5 Å². The standard InChI is InChI=1S/C26H27Cl2N3O5S2/c1-18-4-2-6-22(14-18)30-38(35,36)23-10-8-21(9-11-23)29-26(32)20-5-3-13-31(16-20)37(33,34)17-19-7-12-24(27)25(28)15-19/h2,4,6-12,14-15,20,30H,3,5,13,16-17H2,1H3,(H,29,32)/t20-/m1/s1. The van der Waals surface area contributed by atoms with Crippen LogP contribution in [-0.2, 0) is 30.6 Å². The van der Waals surface area contributed by atoms with E-state index in [4.69, 9.17) is 23.2 Å². The summed E-state index contributed by atoms with van der Waals surface area (Å²) in [6.45, 7) is 2.25. The first-order valence-corrected chi connectivity index (χ1v) is 15.7. The number of sulfonamides is 2. The zero-order valence-electron chi connectivity index (χ0n) is 20.5. The maximum absolute atomic E-state index is 13.0. The lowest BCUT2D eigenvalue weighted by molar-refractivity contribution is -0.120. The Balaban J connectivity index is 1.38. The zero-order valence-corrected chi connectivity index (χ0v) is 23.7. The molecular formula is C26H27Cl2N3O5S2. The van der Waals surface area contributed by atoms with Crippen LogP contribution in [0, 0.1) is 12.8 Å². The number of halogens is 2. The molecule has 12 heteroatoms. The van der Waals surface area contributed by atoms with Crippen LogP contribution < -0.4 is 10.0 Å². The summed E-state index contributed by atoms with van der Waals surface area (Å²) in [5.74, 6) is -1.11. The van der Waals surface area contributed by atoms with Crippen molar-refractivity contribution in [3.63, 3.8) is 0 Å². The lowest BCUT2D eigenvalue weighted by Gasteiger charge is -2.31. The first-order valence-electron chi connectivity index (χ1n) is 11.9. The minimum atomic E-state index is -3.80. The molecule has 1 amide bonds. The van der Waals surface area contributed by atoms with Gasteiger partial charge in [-0.25, -0.2) is 21.1 Å². The molecule has 0 radical (unpaired) electrons. The summed E-state index contributed by atoms with van der Waals surface area (Å²) in [5.41, 5.74) is 2.31. The Morgan fingerprint density at radius 2 is 1.68 bits per heavy atom. The Morgan fingerprint density at radius 1 is 0.947 bits per heavy atom. The van der Waals surface area contributed by atoms with Gasteiger partial charge in [0.25, 0.3) is 10.0 Å². The number of carbonyl (C=O) groups is 1. The monoisotopic (exact) mass is 595 g/mol. The van der Waals surface area contributed by atoms with Crippen molar-refractivity contribution in [2.24, 2.45) is 5.92 Å². The Hall–Kier alpha value is -2.63. The van der Waals surface area contributed by atoms with Gasteiger partial charge in [0.15, 0.2) is 0 Å². The second-order valence-electron chi connectivity index (χ2n) is 9.19. The van der Waals surface area contributed by atoms with Gasteiger partial charge in [0, 0.05) is 24.5 Å². The second kappa shape index (κ2) is 11.6. The van der Waals surface area contributed by atoms with Gasteiger partial charge in [-0.05, 0) is 79.4 Å². The van der Waals surface area contributed by atoms with E-state index in [-0.39, 0.29) is 28.1 Å².